The maximum atomic E-state index is 14.0. The van der Waals surface area contributed by atoms with Crippen LogP contribution in [0.1, 0.15) is 0 Å². The van der Waals surface area contributed by atoms with Crippen LogP contribution in [0.5, 0.6) is 0 Å². The maximum Gasteiger partial charge on any atom is 0.224 e. The minimum atomic E-state index is -0.424. The Morgan fingerprint density at radius 2 is 2.24 bits per heavy atom. The van der Waals surface area contributed by atoms with E-state index in [0.29, 0.717) is 17.2 Å². The van der Waals surface area contributed by atoms with Gasteiger partial charge in [-0.05, 0) is 6.07 Å². The number of nitrogens with zero attached hydrogens (tertiary/aromatic N) is 5. The van der Waals surface area contributed by atoms with Crippen LogP contribution < -0.4 is 5.32 Å². The summed E-state index contributed by atoms with van der Waals surface area (Å²) in [6.07, 6.45) is 6.51. The molecule has 0 saturated carbocycles. The minimum absolute atomic E-state index is 0.201. The molecule has 8 heteroatoms. The number of pyridine rings is 1. The van der Waals surface area contributed by atoms with Crippen molar-refractivity contribution in [3.8, 4) is 11.1 Å². The SMILES string of the molecule is CNc1ncc2c(-c3cc(F)c4ncnn4c3)c[nH]c2n1. The van der Waals surface area contributed by atoms with Gasteiger partial charge in [0.2, 0.25) is 5.95 Å². The van der Waals surface area contributed by atoms with Gasteiger partial charge in [0, 0.05) is 42.2 Å². The van der Waals surface area contributed by atoms with E-state index < -0.39 is 5.82 Å². The lowest BCUT2D eigenvalue weighted by molar-refractivity contribution is 0.628. The summed E-state index contributed by atoms with van der Waals surface area (Å²) in [5, 5.41) is 7.66. The first-order valence-corrected chi connectivity index (χ1v) is 6.27. The molecule has 0 saturated heterocycles. The molecule has 4 aromatic heterocycles. The van der Waals surface area contributed by atoms with Gasteiger partial charge in [-0.1, -0.05) is 0 Å². The van der Waals surface area contributed by atoms with Gasteiger partial charge < -0.3 is 10.3 Å². The number of anilines is 1. The van der Waals surface area contributed by atoms with Crippen molar-refractivity contribution in [3.05, 3.63) is 36.8 Å². The Kier molecular flexibility index (Phi) is 2.37. The number of halogens is 1. The third-order valence-electron chi connectivity index (χ3n) is 3.30. The fourth-order valence-electron chi connectivity index (χ4n) is 2.30. The first kappa shape index (κ1) is 11.8. The van der Waals surface area contributed by atoms with Crippen LogP contribution in [0.2, 0.25) is 0 Å². The summed E-state index contributed by atoms with van der Waals surface area (Å²) < 4.78 is 15.4. The van der Waals surface area contributed by atoms with E-state index in [1.165, 1.54) is 16.9 Å². The van der Waals surface area contributed by atoms with Crippen LogP contribution in [0.3, 0.4) is 0 Å². The molecule has 0 aliphatic rings. The summed E-state index contributed by atoms with van der Waals surface area (Å²) in [7, 11) is 1.75. The molecule has 0 amide bonds. The molecule has 0 unspecified atom stereocenters. The van der Waals surface area contributed by atoms with Crippen molar-refractivity contribution in [2.45, 2.75) is 0 Å². The van der Waals surface area contributed by atoms with E-state index in [1.807, 2.05) is 0 Å². The molecule has 0 aromatic carbocycles. The number of aromatic amines is 1. The van der Waals surface area contributed by atoms with Crippen molar-refractivity contribution in [3.63, 3.8) is 0 Å². The van der Waals surface area contributed by atoms with Crippen molar-refractivity contribution in [2.75, 3.05) is 12.4 Å². The highest BCUT2D eigenvalue weighted by Crippen LogP contribution is 2.28. The second-order valence-electron chi connectivity index (χ2n) is 4.51. The van der Waals surface area contributed by atoms with E-state index in [0.717, 1.165) is 10.9 Å². The van der Waals surface area contributed by atoms with Gasteiger partial charge in [-0.15, -0.1) is 0 Å². The van der Waals surface area contributed by atoms with Crippen molar-refractivity contribution < 1.29 is 4.39 Å². The molecule has 0 radical (unpaired) electrons. The van der Waals surface area contributed by atoms with Gasteiger partial charge in [0.05, 0.1) is 0 Å². The summed E-state index contributed by atoms with van der Waals surface area (Å²) in [6, 6.07) is 1.43. The molecule has 7 nitrogen and oxygen atoms in total. The minimum Gasteiger partial charge on any atom is -0.357 e. The molecular weight excluding hydrogens is 273 g/mol. The lowest BCUT2D eigenvalue weighted by Gasteiger charge is -2.02. The highest BCUT2D eigenvalue weighted by Gasteiger charge is 2.12. The fraction of sp³-hybridized carbons (Fsp3) is 0.0769. The third kappa shape index (κ3) is 1.72. The number of H-pyrrole nitrogens is 1. The number of hydrogen-bond acceptors (Lipinski definition) is 5. The monoisotopic (exact) mass is 283 g/mol. The normalized spacial score (nSPS) is 11.3. The number of rotatable bonds is 2. The summed E-state index contributed by atoms with van der Waals surface area (Å²) in [5.41, 5.74) is 2.37. The zero-order valence-corrected chi connectivity index (χ0v) is 11.0. The van der Waals surface area contributed by atoms with Gasteiger partial charge >= 0.3 is 0 Å². The van der Waals surface area contributed by atoms with Crippen LogP contribution in [0, 0.1) is 5.82 Å². The van der Waals surface area contributed by atoms with E-state index in [9.17, 15) is 4.39 Å². The van der Waals surface area contributed by atoms with Crippen LogP contribution in [0.4, 0.5) is 10.3 Å². The summed E-state index contributed by atoms with van der Waals surface area (Å²) in [6.45, 7) is 0. The molecule has 0 fully saturated rings. The molecule has 2 N–H and O–H groups in total. The molecule has 0 spiro atoms. The Morgan fingerprint density at radius 3 is 3.10 bits per heavy atom. The van der Waals surface area contributed by atoms with E-state index in [-0.39, 0.29) is 5.65 Å². The molecule has 0 aliphatic heterocycles. The molecule has 4 rings (SSSR count). The number of nitrogens with one attached hydrogen (secondary N) is 2. The molecule has 21 heavy (non-hydrogen) atoms. The molecular formula is C13H10FN7. The first-order chi connectivity index (χ1) is 10.3. The van der Waals surface area contributed by atoms with Crippen molar-refractivity contribution in [1.29, 1.82) is 0 Å². The second kappa shape index (κ2) is 4.23. The highest BCUT2D eigenvalue weighted by molar-refractivity contribution is 5.93. The van der Waals surface area contributed by atoms with Crippen LogP contribution in [-0.2, 0) is 0 Å². The fourth-order valence-corrected chi connectivity index (χ4v) is 2.30. The Morgan fingerprint density at radius 1 is 1.33 bits per heavy atom. The number of aromatic nitrogens is 6. The first-order valence-electron chi connectivity index (χ1n) is 6.27. The van der Waals surface area contributed by atoms with E-state index in [1.54, 1.807) is 25.6 Å². The molecule has 4 aromatic rings. The van der Waals surface area contributed by atoms with Gasteiger partial charge in [-0.3, -0.25) is 0 Å². The molecule has 0 aliphatic carbocycles. The van der Waals surface area contributed by atoms with Gasteiger partial charge in [0.1, 0.15) is 12.0 Å². The summed E-state index contributed by atoms with van der Waals surface area (Å²) in [4.78, 5) is 15.4. The van der Waals surface area contributed by atoms with Crippen molar-refractivity contribution in [2.24, 2.45) is 0 Å². The van der Waals surface area contributed by atoms with Gasteiger partial charge in [0.15, 0.2) is 11.5 Å². The molecule has 0 atom stereocenters. The Bertz CT molecular complexity index is 956. The smallest absolute Gasteiger partial charge is 0.224 e. The van der Waals surface area contributed by atoms with E-state index in [2.05, 4.69) is 30.4 Å². The number of hydrogen-bond donors (Lipinski definition) is 2. The Labute approximate surface area is 117 Å². The Hall–Kier alpha value is -3.03. The standard InChI is InChI=1S/C13H10FN7/c1-15-13-17-4-9-8(3-16-11(9)20-13)7-2-10(14)12-18-6-19-21(12)5-7/h2-6H,1H3,(H2,15,16,17,20). The molecule has 104 valence electrons. The second-order valence-corrected chi connectivity index (χ2v) is 4.51. The van der Waals surface area contributed by atoms with Crippen molar-refractivity contribution in [1.82, 2.24) is 29.5 Å². The van der Waals surface area contributed by atoms with Gasteiger partial charge in [0.25, 0.3) is 0 Å². The Balaban J connectivity index is 1.95. The maximum absolute atomic E-state index is 14.0. The molecule has 4 heterocycles. The quantitative estimate of drug-likeness (QED) is 0.586. The largest absolute Gasteiger partial charge is 0.357 e. The number of fused-ring (bicyclic) bond motifs is 2. The lowest BCUT2D eigenvalue weighted by Crippen LogP contribution is -1.95. The van der Waals surface area contributed by atoms with Crippen LogP contribution in [-0.4, -0.2) is 36.6 Å². The van der Waals surface area contributed by atoms with E-state index >= 15 is 0 Å². The average Bonchev–Trinajstić information content (AvgIpc) is 3.12. The topological polar surface area (TPSA) is 83.8 Å². The van der Waals surface area contributed by atoms with E-state index in [4.69, 9.17) is 0 Å². The van der Waals surface area contributed by atoms with Crippen LogP contribution in [0.15, 0.2) is 31.0 Å². The third-order valence-corrected chi connectivity index (χ3v) is 3.30. The average molecular weight is 283 g/mol. The summed E-state index contributed by atoms with van der Waals surface area (Å²) in [5.74, 6) is 0.0981. The van der Waals surface area contributed by atoms with Gasteiger partial charge in [-0.25, -0.2) is 18.9 Å². The molecule has 0 bridgehead atoms. The van der Waals surface area contributed by atoms with Crippen molar-refractivity contribution >= 4 is 22.6 Å². The van der Waals surface area contributed by atoms with Crippen LogP contribution >= 0.6 is 0 Å². The zero-order chi connectivity index (χ0) is 14.4. The predicted octanol–water partition coefficient (Wildman–Crippen LogP) is 1.85. The lowest BCUT2D eigenvalue weighted by atomic mass is 10.1. The highest BCUT2D eigenvalue weighted by atomic mass is 19.1. The van der Waals surface area contributed by atoms with Gasteiger partial charge in [-0.2, -0.15) is 10.1 Å². The predicted molar refractivity (Wildman–Crippen MR) is 75.4 cm³/mol. The zero-order valence-electron chi connectivity index (χ0n) is 11.0. The summed E-state index contributed by atoms with van der Waals surface area (Å²) >= 11 is 0. The van der Waals surface area contributed by atoms with Crippen LogP contribution in [0.25, 0.3) is 27.8 Å².